The molecule has 33 heavy (non-hydrogen) atoms. The molecule has 0 spiro atoms. The topological polar surface area (TPSA) is 61.8 Å². The first kappa shape index (κ1) is 23.1. The van der Waals surface area contributed by atoms with Gasteiger partial charge in [0.1, 0.15) is 6.10 Å². The smallest absolute Gasteiger partial charge is 0.304 e. The highest BCUT2D eigenvalue weighted by Gasteiger charge is 2.63. The molecule has 1 saturated heterocycles. The fourth-order valence-electron chi connectivity index (χ4n) is 9.05. The van der Waals surface area contributed by atoms with E-state index in [0.717, 1.165) is 19.3 Å². The zero-order valence-corrected chi connectivity index (χ0v) is 21.1. The van der Waals surface area contributed by atoms with Crippen molar-refractivity contribution in [3.05, 3.63) is 23.3 Å². The third kappa shape index (κ3) is 3.44. The van der Waals surface area contributed by atoms with E-state index in [1.807, 2.05) is 0 Å². The van der Waals surface area contributed by atoms with Crippen LogP contribution in [-0.2, 0) is 23.8 Å². The van der Waals surface area contributed by atoms with Crippen molar-refractivity contribution in [1.29, 1.82) is 0 Å². The lowest BCUT2D eigenvalue weighted by Gasteiger charge is -2.63. The predicted octanol–water partition coefficient (Wildman–Crippen LogP) is 5.59. The summed E-state index contributed by atoms with van der Waals surface area (Å²) in [6.07, 6.45) is 10.8. The molecule has 0 unspecified atom stereocenters. The van der Waals surface area contributed by atoms with Crippen molar-refractivity contribution in [2.75, 3.05) is 6.61 Å². The maximum absolute atomic E-state index is 12.2. The van der Waals surface area contributed by atoms with Crippen molar-refractivity contribution in [3.63, 3.8) is 0 Å². The lowest BCUT2D eigenvalue weighted by molar-refractivity contribution is -0.184. The van der Waals surface area contributed by atoms with Crippen LogP contribution in [0.3, 0.4) is 0 Å². The highest BCUT2D eigenvalue weighted by molar-refractivity contribution is 5.66. The minimum Gasteiger partial charge on any atom is -0.458 e. The molecule has 5 nitrogen and oxygen atoms in total. The Morgan fingerprint density at radius 2 is 1.70 bits per heavy atom. The summed E-state index contributed by atoms with van der Waals surface area (Å²) in [5.74, 6) is 0.818. The number of allylic oxidation sites excluding steroid dienone is 2. The molecule has 1 aliphatic heterocycles. The molecule has 182 valence electrons. The van der Waals surface area contributed by atoms with Crippen molar-refractivity contribution >= 4 is 11.9 Å². The van der Waals surface area contributed by atoms with E-state index in [0.29, 0.717) is 24.4 Å². The molecule has 0 aromatic rings. The summed E-state index contributed by atoms with van der Waals surface area (Å²) in [6, 6.07) is 0. The van der Waals surface area contributed by atoms with Gasteiger partial charge >= 0.3 is 11.9 Å². The van der Waals surface area contributed by atoms with E-state index in [1.54, 1.807) is 0 Å². The fourth-order valence-corrected chi connectivity index (χ4v) is 9.05. The second-order valence-corrected chi connectivity index (χ2v) is 12.5. The normalized spacial score (nSPS) is 45.4. The largest absolute Gasteiger partial charge is 0.458 e. The molecular formula is C28H40O5. The minimum atomic E-state index is -0.497. The predicted molar refractivity (Wildman–Crippen MR) is 125 cm³/mol. The van der Waals surface area contributed by atoms with Crippen LogP contribution >= 0.6 is 0 Å². The van der Waals surface area contributed by atoms with Crippen LogP contribution < -0.4 is 0 Å². The van der Waals surface area contributed by atoms with Crippen LogP contribution in [0.25, 0.3) is 0 Å². The van der Waals surface area contributed by atoms with Crippen LogP contribution in [0, 0.1) is 39.9 Å². The number of rotatable bonds is 2. The van der Waals surface area contributed by atoms with Gasteiger partial charge in [0.05, 0.1) is 12.5 Å². The van der Waals surface area contributed by atoms with E-state index < -0.39 is 6.29 Å². The van der Waals surface area contributed by atoms with Crippen molar-refractivity contribution in [1.82, 2.24) is 0 Å². The summed E-state index contributed by atoms with van der Waals surface area (Å²) in [4.78, 5) is 24.0. The zero-order valence-electron chi connectivity index (χ0n) is 21.1. The van der Waals surface area contributed by atoms with Gasteiger partial charge in [0.25, 0.3) is 0 Å². The highest BCUT2D eigenvalue weighted by atomic mass is 16.7. The van der Waals surface area contributed by atoms with Gasteiger partial charge in [-0.2, -0.15) is 0 Å². The molecule has 1 heterocycles. The van der Waals surface area contributed by atoms with Crippen molar-refractivity contribution < 1.29 is 23.8 Å². The highest BCUT2D eigenvalue weighted by Crippen LogP contribution is 2.68. The van der Waals surface area contributed by atoms with Crippen LogP contribution in [0.2, 0.25) is 0 Å². The number of hydrogen-bond donors (Lipinski definition) is 0. The summed E-state index contributed by atoms with van der Waals surface area (Å²) in [5.41, 5.74) is 3.00. The van der Waals surface area contributed by atoms with E-state index in [2.05, 4.69) is 39.8 Å². The van der Waals surface area contributed by atoms with Gasteiger partial charge in [0.15, 0.2) is 0 Å². The Bertz CT molecular complexity index is 915. The lowest BCUT2D eigenvalue weighted by atomic mass is 9.42. The summed E-state index contributed by atoms with van der Waals surface area (Å²) >= 11 is 0. The molecule has 3 fully saturated rings. The average Bonchev–Trinajstić information content (AvgIpc) is 3.09. The molecule has 5 aliphatic rings. The van der Waals surface area contributed by atoms with Crippen LogP contribution in [0.1, 0.15) is 80.1 Å². The summed E-state index contributed by atoms with van der Waals surface area (Å²) < 4.78 is 17.7. The van der Waals surface area contributed by atoms with Gasteiger partial charge in [0, 0.05) is 19.8 Å². The van der Waals surface area contributed by atoms with Crippen molar-refractivity contribution in [2.45, 2.75) is 92.5 Å². The van der Waals surface area contributed by atoms with E-state index in [1.165, 1.54) is 44.3 Å². The SMILES string of the molecule is CC(=O)O[C@@H]1OCC2=CC[C@H]3C4=C[C@H](OC(C)=O)[C@H]5C(C)(C)CCC[C@]5(C)[C@H]4CC[C@]3(C)[C@H]21. The van der Waals surface area contributed by atoms with Gasteiger partial charge in [-0.1, -0.05) is 45.8 Å². The Kier molecular flexibility index (Phi) is 5.39. The lowest BCUT2D eigenvalue weighted by Crippen LogP contribution is -2.59. The third-order valence-corrected chi connectivity index (χ3v) is 10.1. The van der Waals surface area contributed by atoms with Crippen LogP contribution in [0.15, 0.2) is 23.3 Å². The molecule has 0 amide bonds. The van der Waals surface area contributed by atoms with Gasteiger partial charge in [0.2, 0.25) is 6.29 Å². The van der Waals surface area contributed by atoms with Gasteiger partial charge in [-0.05, 0) is 71.8 Å². The molecule has 5 rings (SSSR count). The van der Waals surface area contributed by atoms with Gasteiger partial charge in [-0.25, -0.2) is 0 Å². The second kappa shape index (κ2) is 7.69. The van der Waals surface area contributed by atoms with Crippen LogP contribution in [-0.4, -0.2) is 30.9 Å². The molecule has 0 N–H and O–H groups in total. The molecule has 0 radical (unpaired) electrons. The second-order valence-electron chi connectivity index (χ2n) is 12.5. The zero-order chi connectivity index (χ0) is 23.8. The Hall–Kier alpha value is -1.62. The number of carbonyl (C=O) groups excluding carboxylic acids is 2. The monoisotopic (exact) mass is 456 g/mol. The van der Waals surface area contributed by atoms with Crippen molar-refractivity contribution in [2.24, 2.45) is 39.9 Å². The number of ether oxygens (including phenoxy) is 3. The van der Waals surface area contributed by atoms with Crippen LogP contribution in [0.5, 0.6) is 0 Å². The maximum Gasteiger partial charge on any atom is 0.304 e. The number of esters is 2. The van der Waals surface area contributed by atoms with E-state index >= 15 is 0 Å². The molecule has 0 aromatic heterocycles. The van der Waals surface area contributed by atoms with Crippen LogP contribution in [0.4, 0.5) is 0 Å². The molecule has 0 bridgehead atoms. The molecule has 2 saturated carbocycles. The average molecular weight is 457 g/mol. The van der Waals surface area contributed by atoms with Gasteiger partial charge in [-0.15, -0.1) is 0 Å². The number of carbonyl (C=O) groups is 2. The minimum absolute atomic E-state index is 0.0306. The van der Waals surface area contributed by atoms with Gasteiger partial charge in [-0.3, -0.25) is 9.59 Å². The first-order valence-electron chi connectivity index (χ1n) is 12.8. The van der Waals surface area contributed by atoms with E-state index in [4.69, 9.17) is 14.2 Å². The van der Waals surface area contributed by atoms with E-state index in [-0.39, 0.29) is 40.2 Å². The Morgan fingerprint density at radius 3 is 2.39 bits per heavy atom. The summed E-state index contributed by atoms with van der Waals surface area (Å²) in [7, 11) is 0. The Labute approximate surface area is 198 Å². The Balaban J connectivity index is 1.58. The molecule has 0 aromatic carbocycles. The Morgan fingerprint density at radius 1 is 0.970 bits per heavy atom. The maximum atomic E-state index is 12.2. The number of fused-ring (bicyclic) bond motifs is 7. The molecular weight excluding hydrogens is 416 g/mol. The fraction of sp³-hybridized carbons (Fsp3) is 0.786. The standard InChI is InChI=1S/C28H40O5/c1-16(29)32-22-14-19-20-9-8-18-15-31-25(33-17(2)30)23(18)27(20,5)13-10-21(19)28(6)12-7-11-26(3,4)24(22)28/h8,14,20-25H,7,9-13,15H2,1-6H3/t20-,21-,22-,23+,24-,25-,27-,28+/m0/s1. The van der Waals surface area contributed by atoms with Gasteiger partial charge < -0.3 is 14.2 Å². The number of hydrogen-bond acceptors (Lipinski definition) is 5. The first-order valence-corrected chi connectivity index (χ1v) is 12.8. The van der Waals surface area contributed by atoms with E-state index in [9.17, 15) is 9.59 Å². The molecule has 4 aliphatic carbocycles. The molecule has 5 heteroatoms. The first-order chi connectivity index (χ1) is 15.5. The summed E-state index contributed by atoms with van der Waals surface area (Å²) in [6.45, 7) is 13.1. The molecule has 8 atom stereocenters. The quantitative estimate of drug-likeness (QED) is 0.400. The van der Waals surface area contributed by atoms with Crippen molar-refractivity contribution in [3.8, 4) is 0 Å². The summed E-state index contributed by atoms with van der Waals surface area (Å²) in [5, 5.41) is 0. The third-order valence-electron chi connectivity index (χ3n) is 10.1.